The van der Waals surface area contributed by atoms with E-state index in [1.807, 2.05) is 12.1 Å². The highest BCUT2D eigenvalue weighted by molar-refractivity contribution is 7.09. The lowest BCUT2D eigenvalue weighted by Crippen LogP contribution is -2.37. The minimum absolute atomic E-state index is 0.149. The first-order valence-corrected chi connectivity index (χ1v) is 9.66. The van der Waals surface area contributed by atoms with Crippen molar-refractivity contribution < 1.29 is 22.6 Å². The number of nitrogens with zero attached hydrogens (tertiary/aromatic N) is 2. The van der Waals surface area contributed by atoms with E-state index in [1.165, 1.54) is 0 Å². The molecule has 1 aromatic heterocycles. The van der Waals surface area contributed by atoms with Gasteiger partial charge in [-0.05, 0) is 24.1 Å². The van der Waals surface area contributed by atoms with Crippen LogP contribution in [-0.2, 0) is 19.1 Å². The van der Waals surface area contributed by atoms with Crippen LogP contribution in [0.2, 0.25) is 5.02 Å². The first-order chi connectivity index (χ1) is 13.4. The Morgan fingerprint density at radius 3 is 2.79 bits per heavy atom. The number of aliphatic imine (C=N–C) groups is 1. The molecular formula is C17H18ClF3N4O2S. The summed E-state index contributed by atoms with van der Waals surface area (Å²) in [7, 11) is 1.58. The van der Waals surface area contributed by atoms with Crippen LogP contribution in [0, 0.1) is 0 Å². The molecule has 152 valence electrons. The van der Waals surface area contributed by atoms with Crippen LogP contribution in [-0.4, -0.2) is 37.7 Å². The maximum atomic E-state index is 12.6. The first-order valence-electron chi connectivity index (χ1n) is 8.41. The van der Waals surface area contributed by atoms with E-state index in [2.05, 4.69) is 20.6 Å². The summed E-state index contributed by atoms with van der Waals surface area (Å²) in [5, 5.41) is 7.88. The molecule has 1 aromatic carbocycles. The number of alkyl halides is 3. The molecule has 0 radical (unpaired) electrons. The molecular weight excluding hydrogens is 417 g/mol. The number of hydrogen-bond acceptors (Lipinski definition) is 5. The minimum atomic E-state index is -4.43. The maximum absolute atomic E-state index is 12.6. The van der Waals surface area contributed by atoms with E-state index in [4.69, 9.17) is 21.1 Å². The van der Waals surface area contributed by atoms with E-state index in [0.717, 1.165) is 22.3 Å². The van der Waals surface area contributed by atoms with Gasteiger partial charge in [0.05, 0.1) is 11.6 Å². The van der Waals surface area contributed by atoms with Crippen LogP contribution in [0.5, 0.6) is 11.5 Å². The summed E-state index contributed by atoms with van der Waals surface area (Å²) in [6.45, 7) is 1.64. The third-order valence-corrected chi connectivity index (χ3v) is 4.97. The molecule has 0 amide bonds. The van der Waals surface area contributed by atoms with Crippen LogP contribution in [0.25, 0.3) is 0 Å². The van der Waals surface area contributed by atoms with Crippen LogP contribution >= 0.6 is 22.9 Å². The standard InChI is InChI=1S/C17H18ClF3N4O2S/c1-22-16(24-8-14-25-13(9-28-14)17(19,20)21)23-3-2-10-6-11(18)15-12(7-10)26-4-5-27-15/h6-7,9H,2-5,8H2,1H3,(H2,22,23,24). The fraction of sp³-hybridized carbons (Fsp3) is 0.412. The summed E-state index contributed by atoms with van der Waals surface area (Å²) in [5.41, 5.74) is 0.0830. The van der Waals surface area contributed by atoms with Gasteiger partial charge in [0.2, 0.25) is 0 Å². The lowest BCUT2D eigenvalue weighted by Gasteiger charge is -2.20. The van der Waals surface area contributed by atoms with Crippen LogP contribution in [0.15, 0.2) is 22.5 Å². The zero-order chi connectivity index (χ0) is 20.1. The number of thiazole rings is 1. The Bertz CT molecular complexity index is 857. The molecule has 0 spiro atoms. The van der Waals surface area contributed by atoms with E-state index in [9.17, 15) is 13.2 Å². The number of hydrogen-bond donors (Lipinski definition) is 2. The van der Waals surface area contributed by atoms with Crippen molar-refractivity contribution in [3.05, 3.63) is 38.8 Å². The molecule has 2 N–H and O–H groups in total. The highest BCUT2D eigenvalue weighted by atomic mass is 35.5. The summed E-state index contributed by atoms with van der Waals surface area (Å²) < 4.78 is 48.8. The van der Waals surface area contributed by atoms with E-state index in [0.29, 0.717) is 53.7 Å². The van der Waals surface area contributed by atoms with Gasteiger partial charge in [-0.2, -0.15) is 13.2 Å². The number of guanidine groups is 1. The molecule has 11 heteroatoms. The van der Waals surface area contributed by atoms with E-state index in [-0.39, 0.29) is 6.54 Å². The van der Waals surface area contributed by atoms with Gasteiger partial charge >= 0.3 is 6.18 Å². The lowest BCUT2D eigenvalue weighted by molar-refractivity contribution is -0.140. The van der Waals surface area contributed by atoms with Crippen LogP contribution in [0.3, 0.4) is 0 Å². The van der Waals surface area contributed by atoms with Crippen molar-refractivity contribution >= 4 is 28.9 Å². The van der Waals surface area contributed by atoms with E-state index >= 15 is 0 Å². The molecule has 1 aliphatic rings. The van der Waals surface area contributed by atoms with Crippen LogP contribution in [0.1, 0.15) is 16.3 Å². The largest absolute Gasteiger partial charge is 0.486 e. The van der Waals surface area contributed by atoms with Crippen molar-refractivity contribution in [1.29, 1.82) is 0 Å². The lowest BCUT2D eigenvalue weighted by atomic mass is 10.1. The molecule has 6 nitrogen and oxygen atoms in total. The zero-order valence-corrected chi connectivity index (χ0v) is 16.5. The second kappa shape index (κ2) is 8.87. The Hall–Kier alpha value is -2.20. The highest BCUT2D eigenvalue weighted by Crippen LogP contribution is 2.38. The van der Waals surface area contributed by atoms with Gasteiger partial charge in [0, 0.05) is 19.0 Å². The number of benzene rings is 1. The Morgan fingerprint density at radius 1 is 1.29 bits per heavy atom. The summed E-state index contributed by atoms with van der Waals surface area (Å²) in [6.07, 6.45) is -3.79. The molecule has 1 aliphatic heterocycles. The van der Waals surface area contributed by atoms with Crippen molar-refractivity contribution in [3.8, 4) is 11.5 Å². The van der Waals surface area contributed by atoms with Gasteiger partial charge in [-0.1, -0.05) is 11.6 Å². The van der Waals surface area contributed by atoms with Crippen molar-refractivity contribution in [2.24, 2.45) is 4.99 Å². The van der Waals surface area contributed by atoms with Crippen molar-refractivity contribution in [2.75, 3.05) is 26.8 Å². The second-order valence-electron chi connectivity index (χ2n) is 5.83. The number of halogens is 4. The van der Waals surface area contributed by atoms with Gasteiger partial charge in [0.25, 0.3) is 0 Å². The molecule has 28 heavy (non-hydrogen) atoms. The fourth-order valence-corrected chi connectivity index (χ4v) is 3.56. The predicted octanol–water partition coefficient (Wildman–Crippen LogP) is 3.49. The smallest absolute Gasteiger partial charge is 0.434 e. The SMILES string of the molecule is CN=C(NCCc1cc(Cl)c2c(c1)OCCO2)NCc1nc(C(F)(F)F)cs1. The number of aromatic nitrogens is 1. The molecule has 2 heterocycles. The van der Waals surface area contributed by atoms with E-state index < -0.39 is 11.9 Å². The Labute approximate surface area is 168 Å². The maximum Gasteiger partial charge on any atom is 0.434 e. The predicted molar refractivity (Wildman–Crippen MR) is 101 cm³/mol. The number of fused-ring (bicyclic) bond motifs is 1. The Kier molecular flexibility index (Phi) is 6.50. The molecule has 0 saturated heterocycles. The van der Waals surface area contributed by atoms with Gasteiger partial charge in [-0.15, -0.1) is 11.3 Å². The average Bonchev–Trinajstić information content (AvgIpc) is 3.14. The summed E-state index contributed by atoms with van der Waals surface area (Å²) in [6, 6.07) is 3.70. The van der Waals surface area contributed by atoms with Crippen molar-refractivity contribution in [2.45, 2.75) is 19.1 Å². The van der Waals surface area contributed by atoms with Gasteiger partial charge < -0.3 is 20.1 Å². The molecule has 2 aromatic rings. The van der Waals surface area contributed by atoms with Crippen LogP contribution < -0.4 is 20.1 Å². The average molecular weight is 435 g/mol. The monoisotopic (exact) mass is 434 g/mol. The summed E-state index contributed by atoms with van der Waals surface area (Å²) in [5.74, 6) is 1.65. The number of rotatable bonds is 5. The van der Waals surface area contributed by atoms with Gasteiger partial charge in [-0.3, -0.25) is 4.99 Å². The first kappa shape index (κ1) is 20.5. The molecule has 0 fully saturated rings. The minimum Gasteiger partial charge on any atom is -0.486 e. The van der Waals surface area contributed by atoms with Crippen molar-refractivity contribution in [1.82, 2.24) is 15.6 Å². The topological polar surface area (TPSA) is 67.8 Å². The normalized spacial score (nSPS) is 14.1. The number of nitrogens with one attached hydrogen (secondary N) is 2. The molecule has 0 aliphatic carbocycles. The molecule has 0 atom stereocenters. The molecule has 0 bridgehead atoms. The van der Waals surface area contributed by atoms with Crippen LogP contribution in [0.4, 0.5) is 13.2 Å². The van der Waals surface area contributed by atoms with E-state index in [1.54, 1.807) is 7.05 Å². The highest BCUT2D eigenvalue weighted by Gasteiger charge is 2.33. The third-order valence-electron chi connectivity index (χ3n) is 3.84. The van der Waals surface area contributed by atoms with Gasteiger partial charge in [0.15, 0.2) is 23.2 Å². The zero-order valence-electron chi connectivity index (χ0n) is 14.9. The third kappa shape index (κ3) is 5.20. The second-order valence-corrected chi connectivity index (χ2v) is 7.18. The molecule has 3 rings (SSSR count). The quantitative estimate of drug-likeness (QED) is 0.557. The molecule has 0 saturated carbocycles. The van der Waals surface area contributed by atoms with Gasteiger partial charge in [0.1, 0.15) is 18.2 Å². The number of ether oxygens (including phenoxy) is 2. The molecule has 0 unspecified atom stereocenters. The van der Waals surface area contributed by atoms with Crippen molar-refractivity contribution in [3.63, 3.8) is 0 Å². The van der Waals surface area contributed by atoms with Gasteiger partial charge in [-0.25, -0.2) is 4.98 Å². The summed E-state index contributed by atoms with van der Waals surface area (Å²) >= 11 is 7.17. The Morgan fingerprint density at radius 2 is 2.07 bits per heavy atom. The summed E-state index contributed by atoms with van der Waals surface area (Å²) in [4.78, 5) is 7.63. The Balaban J connectivity index is 1.49. The fourth-order valence-electron chi connectivity index (χ4n) is 2.54.